The lowest BCUT2D eigenvalue weighted by atomic mass is 9.94. The van der Waals surface area contributed by atoms with E-state index in [4.69, 9.17) is 15.0 Å². The predicted molar refractivity (Wildman–Crippen MR) is 215 cm³/mol. The average molecular weight is 668 g/mol. The topological polar surface area (TPSA) is 38.7 Å². The summed E-state index contributed by atoms with van der Waals surface area (Å²) in [7, 11) is 0. The zero-order valence-corrected chi connectivity index (χ0v) is 28.3. The van der Waals surface area contributed by atoms with Crippen molar-refractivity contribution < 1.29 is 0 Å². The lowest BCUT2D eigenvalue weighted by Crippen LogP contribution is -1.96. The molecule has 3 nitrogen and oxygen atoms in total. The maximum absolute atomic E-state index is 5.57. The number of hydrogen-bond donors (Lipinski definition) is 0. The molecular formula is C47H29N3S. The summed E-state index contributed by atoms with van der Waals surface area (Å²) >= 11 is 1.85. The van der Waals surface area contributed by atoms with Crippen molar-refractivity contribution in [3.8, 4) is 56.3 Å². The zero-order valence-electron chi connectivity index (χ0n) is 27.5. The Bertz CT molecular complexity index is 2830. The first kappa shape index (κ1) is 29.4. The van der Waals surface area contributed by atoms with Crippen molar-refractivity contribution in [3.05, 3.63) is 176 Å². The average Bonchev–Trinajstić information content (AvgIpc) is 3.61. The third-order valence-electron chi connectivity index (χ3n) is 9.70. The van der Waals surface area contributed by atoms with Crippen LogP contribution in [-0.4, -0.2) is 15.0 Å². The van der Waals surface area contributed by atoms with E-state index in [0.717, 1.165) is 50.4 Å². The molecule has 0 saturated carbocycles. The fourth-order valence-electron chi connectivity index (χ4n) is 7.24. The van der Waals surface area contributed by atoms with Crippen LogP contribution in [0.15, 0.2) is 176 Å². The molecule has 0 bridgehead atoms. The van der Waals surface area contributed by atoms with E-state index in [1.54, 1.807) is 0 Å². The Hall–Kier alpha value is -6.49. The summed E-state index contributed by atoms with van der Waals surface area (Å²) in [6.07, 6.45) is 0. The molecule has 10 aromatic rings. The Balaban J connectivity index is 1.17. The summed E-state index contributed by atoms with van der Waals surface area (Å²) in [5.41, 5.74) is 10.3. The predicted octanol–water partition coefficient (Wildman–Crippen LogP) is 12.9. The third kappa shape index (κ3) is 5.08. The van der Waals surface area contributed by atoms with Gasteiger partial charge in [0.25, 0.3) is 0 Å². The third-order valence-corrected chi connectivity index (χ3v) is 10.9. The molecule has 3 aromatic heterocycles. The molecule has 7 aromatic carbocycles. The molecule has 4 heteroatoms. The maximum atomic E-state index is 5.57. The number of pyridine rings is 1. The molecule has 0 saturated heterocycles. The first-order valence-corrected chi connectivity index (χ1v) is 17.9. The van der Waals surface area contributed by atoms with Gasteiger partial charge in [0.15, 0.2) is 5.82 Å². The highest BCUT2D eigenvalue weighted by Crippen LogP contribution is 2.45. The molecule has 0 aliphatic carbocycles. The van der Waals surface area contributed by atoms with E-state index in [1.165, 1.54) is 41.9 Å². The Morgan fingerprint density at radius 3 is 1.75 bits per heavy atom. The second kappa shape index (κ2) is 12.1. The van der Waals surface area contributed by atoms with Crippen molar-refractivity contribution in [2.45, 2.75) is 0 Å². The van der Waals surface area contributed by atoms with Gasteiger partial charge in [0.05, 0.1) is 22.6 Å². The molecule has 0 aliphatic heterocycles. The standard InChI is InChI=1S/C47H29N3S/c1-3-14-31(15-4-1)40-29-41(49-47(48-40)34-16-5-2-6-17-34)32-25-27-33(28-26-32)44-43-38-20-9-10-24-42(38)51-46(43)39-23-12-22-37(45(39)50-44)36-21-11-18-30-13-7-8-19-35(30)36/h1-29H. The molecule has 0 unspecified atom stereocenters. The quantitative estimate of drug-likeness (QED) is 0.183. The van der Waals surface area contributed by atoms with Crippen LogP contribution in [0.4, 0.5) is 0 Å². The van der Waals surface area contributed by atoms with Crippen LogP contribution in [0, 0.1) is 0 Å². The first-order chi connectivity index (χ1) is 25.3. The van der Waals surface area contributed by atoms with Gasteiger partial charge in [-0.2, -0.15) is 0 Å². The SMILES string of the molecule is c1ccc(-c2cc(-c3ccc(-c4nc5c(-c6cccc7ccccc67)cccc5c5sc6ccccc6c45)cc3)nc(-c3ccccc3)n2)cc1. The highest BCUT2D eigenvalue weighted by molar-refractivity contribution is 7.26. The number of nitrogens with zero attached hydrogens (tertiary/aromatic N) is 3. The number of para-hydroxylation sites is 1. The van der Waals surface area contributed by atoms with Crippen LogP contribution < -0.4 is 0 Å². The second-order valence-corrected chi connectivity index (χ2v) is 13.8. The number of thiophene rings is 1. The van der Waals surface area contributed by atoms with Gasteiger partial charge >= 0.3 is 0 Å². The van der Waals surface area contributed by atoms with E-state index in [2.05, 4.69) is 140 Å². The summed E-state index contributed by atoms with van der Waals surface area (Å²) < 4.78 is 2.52. The largest absolute Gasteiger partial charge is 0.246 e. The van der Waals surface area contributed by atoms with Crippen molar-refractivity contribution in [1.82, 2.24) is 15.0 Å². The van der Waals surface area contributed by atoms with Crippen LogP contribution in [0.5, 0.6) is 0 Å². The van der Waals surface area contributed by atoms with Crippen molar-refractivity contribution in [2.75, 3.05) is 0 Å². The molecule has 0 aliphatic rings. The van der Waals surface area contributed by atoms with Crippen LogP contribution in [0.3, 0.4) is 0 Å². The van der Waals surface area contributed by atoms with Gasteiger partial charge in [-0.25, -0.2) is 15.0 Å². The summed E-state index contributed by atoms with van der Waals surface area (Å²) in [5.74, 6) is 0.708. The molecule has 10 rings (SSSR count). The normalized spacial score (nSPS) is 11.5. The minimum Gasteiger partial charge on any atom is -0.246 e. The van der Waals surface area contributed by atoms with Gasteiger partial charge in [-0.05, 0) is 28.5 Å². The van der Waals surface area contributed by atoms with Gasteiger partial charge in [-0.3, -0.25) is 0 Å². The summed E-state index contributed by atoms with van der Waals surface area (Å²) in [4.78, 5) is 15.6. The van der Waals surface area contributed by atoms with Gasteiger partial charge in [0.1, 0.15) is 0 Å². The molecule has 0 N–H and O–H groups in total. The van der Waals surface area contributed by atoms with Crippen LogP contribution in [-0.2, 0) is 0 Å². The van der Waals surface area contributed by atoms with Crippen LogP contribution in [0.25, 0.3) is 98.1 Å². The summed E-state index contributed by atoms with van der Waals surface area (Å²) in [5, 5.41) is 6.07. The minimum atomic E-state index is 0.708. The van der Waals surface area contributed by atoms with Crippen molar-refractivity contribution in [1.29, 1.82) is 0 Å². The van der Waals surface area contributed by atoms with E-state index < -0.39 is 0 Å². The highest BCUT2D eigenvalue weighted by atomic mass is 32.1. The van der Waals surface area contributed by atoms with E-state index in [1.807, 2.05) is 47.7 Å². The molecule has 238 valence electrons. The first-order valence-electron chi connectivity index (χ1n) is 17.1. The summed E-state index contributed by atoms with van der Waals surface area (Å²) in [6, 6.07) is 61.8. The zero-order chi connectivity index (χ0) is 33.7. The minimum absolute atomic E-state index is 0.708. The van der Waals surface area contributed by atoms with Gasteiger partial charge < -0.3 is 0 Å². The molecule has 0 radical (unpaired) electrons. The number of rotatable bonds is 5. The molecule has 0 amide bonds. The lowest BCUT2D eigenvalue weighted by Gasteiger charge is -2.13. The molecule has 0 spiro atoms. The Labute approximate surface area is 299 Å². The monoisotopic (exact) mass is 667 g/mol. The maximum Gasteiger partial charge on any atom is 0.160 e. The van der Waals surface area contributed by atoms with E-state index >= 15 is 0 Å². The van der Waals surface area contributed by atoms with Crippen LogP contribution >= 0.6 is 11.3 Å². The number of benzene rings is 7. The van der Waals surface area contributed by atoms with E-state index in [-0.39, 0.29) is 0 Å². The van der Waals surface area contributed by atoms with Crippen molar-refractivity contribution >= 4 is 53.2 Å². The smallest absolute Gasteiger partial charge is 0.160 e. The summed E-state index contributed by atoms with van der Waals surface area (Å²) in [6.45, 7) is 0. The van der Waals surface area contributed by atoms with E-state index in [9.17, 15) is 0 Å². The molecule has 0 fully saturated rings. The van der Waals surface area contributed by atoms with Crippen LogP contribution in [0.2, 0.25) is 0 Å². The fraction of sp³-hybridized carbons (Fsp3) is 0. The van der Waals surface area contributed by atoms with Gasteiger partial charge in [-0.1, -0.05) is 164 Å². The Morgan fingerprint density at radius 1 is 0.392 bits per heavy atom. The number of hydrogen-bond acceptors (Lipinski definition) is 4. The van der Waals surface area contributed by atoms with Gasteiger partial charge in [0, 0.05) is 53.4 Å². The number of fused-ring (bicyclic) bond motifs is 6. The highest BCUT2D eigenvalue weighted by Gasteiger charge is 2.19. The van der Waals surface area contributed by atoms with E-state index in [0.29, 0.717) is 5.82 Å². The lowest BCUT2D eigenvalue weighted by molar-refractivity contribution is 1.18. The molecule has 51 heavy (non-hydrogen) atoms. The second-order valence-electron chi connectivity index (χ2n) is 12.8. The molecule has 0 atom stereocenters. The Morgan fingerprint density at radius 2 is 0.961 bits per heavy atom. The van der Waals surface area contributed by atoms with Crippen molar-refractivity contribution in [3.63, 3.8) is 0 Å². The van der Waals surface area contributed by atoms with Crippen LogP contribution in [0.1, 0.15) is 0 Å². The molecular weight excluding hydrogens is 639 g/mol. The van der Waals surface area contributed by atoms with Gasteiger partial charge in [-0.15, -0.1) is 11.3 Å². The Kier molecular flexibility index (Phi) is 7.00. The molecule has 3 heterocycles. The van der Waals surface area contributed by atoms with Gasteiger partial charge in [0.2, 0.25) is 0 Å². The fourth-order valence-corrected chi connectivity index (χ4v) is 8.47. The number of aromatic nitrogens is 3. The van der Waals surface area contributed by atoms with Crippen molar-refractivity contribution in [2.24, 2.45) is 0 Å².